The summed E-state index contributed by atoms with van der Waals surface area (Å²) in [5, 5.41) is 4.15. The van der Waals surface area contributed by atoms with Crippen molar-refractivity contribution in [2.24, 2.45) is 21.9 Å². The van der Waals surface area contributed by atoms with Gasteiger partial charge in [0.1, 0.15) is 18.3 Å². The number of methoxy groups -OCH3 is 1. The molecular formula is C19H31N3O3S. The van der Waals surface area contributed by atoms with Gasteiger partial charge in [-0.2, -0.15) is 5.10 Å². The van der Waals surface area contributed by atoms with Gasteiger partial charge in [0.05, 0.1) is 18.8 Å². The quantitative estimate of drug-likeness (QED) is 0.272. The summed E-state index contributed by atoms with van der Waals surface area (Å²) in [7, 11) is 1.71. The van der Waals surface area contributed by atoms with E-state index in [0.29, 0.717) is 37.7 Å². The molecule has 0 aromatic rings. The molecule has 3 atom stereocenters. The van der Waals surface area contributed by atoms with E-state index in [0.717, 1.165) is 24.5 Å². The Balaban J connectivity index is 1.87. The Morgan fingerprint density at radius 3 is 3.08 bits per heavy atom. The van der Waals surface area contributed by atoms with Crippen LogP contribution in [0.5, 0.6) is 0 Å². The summed E-state index contributed by atoms with van der Waals surface area (Å²) in [6.45, 7) is 6.12. The second-order valence-corrected chi connectivity index (χ2v) is 7.48. The second-order valence-electron chi connectivity index (χ2n) is 6.67. The number of ether oxygens (including phenoxy) is 3. The van der Waals surface area contributed by atoms with Gasteiger partial charge in [-0.1, -0.05) is 13.8 Å². The molecule has 6 nitrogen and oxygen atoms in total. The lowest BCUT2D eigenvalue weighted by Crippen LogP contribution is -2.22. The Hall–Kier alpha value is -1.47. The van der Waals surface area contributed by atoms with Crippen molar-refractivity contribution in [3.63, 3.8) is 0 Å². The van der Waals surface area contributed by atoms with Gasteiger partial charge in [-0.25, -0.2) is 0 Å². The van der Waals surface area contributed by atoms with E-state index in [-0.39, 0.29) is 5.92 Å². The first kappa shape index (κ1) is 20.8. The molecule has 3 unspecified atom stereocenters. The number of fused-ring (bicyclic) bond motifs is 1. The minimum atomic E-state index is 0.239. The molecule has 146 valence electrons. The number of aliphatic imine (C=N–C) groups is 1. The predicted molar refractivity (Wildman–Crippen MR) is 109 cm³/mol. The summed E-state index contributed by atoms with van der Waals surface area (Å²) < 4.78 is 16.9. The van der Waals surface area contributed by atoms with Crippen LogP contribution in [-0.4, -0.2) is 57.2 Å². The van der Waals surface area contributed by atoms with E-state index in [1.165, 1.54) is 5.57 Å². The summed E-state index contributed by atoms with van der Waals surface area (Å²) in [5.74, 6) is 2.98. The first-order chi connectivity index (χ1) is 12.6. The molecule has 0 saturated carbocycles. The number of nitrogens with zero attached hydrogens (tertiary/aromatic N) is 2. The standard InChI is InChI=1S/C19H31N3O3S/c1-14-9-17(11-16-12-21-22-18(16)10-14)24-8-6-20-19(25-13-26-4)15(2)5-7-23-3/h9,11-12,14-15,18,22H,5-8,10,13H2,1-4H3/b20-19-. The van der Waals surface area contributed by atoms with E-state index in [2.05, 4.69) is 41.5 Å². The minimum absolute atomic E-state index is 0.239. The third-order valence-electron chi connectivity index (χ3n) is 4.34. The largest absolute Gasteiger partial charge is 0.492 e. The highest BCUT2D eigenvalue weighted by atomic mass is 32.2. The maximum absolute atomic E-state index is 5.96. The molecular weight excluding hydrogens is 350 g/mol. The molecule has 0 radical (unpaired) electrons. The number of hydrogen-bond donors (Lipinski definition) is 1. The summed E-state index contributed by atoms with van der Waals surface area (Å²) in [6.07, 6.45) is 10.1. The lowest BCUT2D eigenvalue weighted by Gasteiger charge is -2.15. The third kappa shape index (κ3) is 6.68. The summed E-state index contributed by atoms with van der Waals surface area (Å²) >= 11 is 1.64. The van der Waals surface area contributed by atoms with E-state index in [1.807, 2.05) is 12.5 Å². The fourth-order valence-electron chi connectivity index (χ4n) is 2.92. The van der Waals surface area contributed by atoms with Gasteiger partial charge in [0.25, 0.3) is 0 Å². The van der Waals surface area contributed by atoms with Crippen molar-refractivity contribution in [1.29, 1.82) is 0 Å². The van der Waals surface area contributed by atoms with Crippen molar-refractivity contribution in [3.8, 4) is 0 Å². The molecule has 1 aliphatic heterocycles. The second kappa shape index (κ2) is 11.3. The van der Waals surface area contributed by atoms with E-state index >= 15 is 0 Å². The molecule has 2 aliphatic rings. The molecule has 0 aromatic heterocycles. The minimum Gasteiger partial charge on any atom is -0.492 e. The summed E-state index contributed by atoms with van der Waals surface area (Å²) in [5.41, 5.74) is 4.32. The van der Waals surface area contributed by atoms with Gasteiger partial charge in [-0.05, 0) is 42.7 Å². The number of hydrogen-bond acceptors (Lipinski definition) is 7. The number of rotatable bonds is 10. The number of allylic oxidation sites excluding steroid dienone is 2. The van der Waals surface area contributed by atoms with Gasteiger partial charge in [-0.3, -0.25) is 4.99 Å². The Labute approximate surface area is 161 Å². The van der Waals surface area contributed by atoms with Crippen LogP contribution >= 0.6 is 11.8 Å². The van der Waals surface area contributed by atoms with Crippen LogP contribution in [0, 0.1) is 11.8 Å². The predicted octanol–water partition coefficient (Wildman–Crippen LogP) is 3.22. The van der Waals surface area contributed by atoms with Gasteiger partial charge in [0.2, 0.25) is 0 Å². The highest BCUT2D eigenvalue weighted by Gasteiger charge is 2.22. The molecule has 1 heterocycles. The monoisotopic (exact) mass is 381 g/mol. The van der Waals surface area contributed by atoms with Gasteiger partial charge in [0, 0.05) is 19.6 Å². The van der Waals surface area contributed by atoms with Gasteiger partial charge < -0.3 is 19.6 Å². The van der Waals surface area contributed by atoms with Crippen LogP contribution in [-0.2, 0) is 14.2 Å². The van der Waals surface area contributed by atoms with Gasteiger partial charge in [-0.15, -0.1) is 11.8 Å². The molecule has 7 heteroatoms. The van der Waals surface area contributed by atoms with Crippen molar-refractivity contribution in [3.05, 3.63) is 23.5 Å². The normalized spacial score (nSPS) is 23.5. The summed E-state index contributed by atoms with van der Waals surface area (Å²) in [4.78, 5) is 4.62. The maximum Gasteiger partial charge on any atom is 0.187 e. The van der Waals surface area contributed by atoms with Gasteiger partial charge >= 0.3 is 0 Å². The van der Waals surface area contributed by atoms with Crippen molar-refractivity contribution in [1.82, 2.24) is 5.43 Å². The van der Waals surface area contributed by atoms with Gasteiger partial charge in [0.15, 0.2) is 5.90 Å². The van der Waals surface area contributed by atoms with Crippen LogP contribution < -0.4 is 5.43 Å². The molecule has 0 aromatic carbocycles. The van der Waals surface area contributed by atoms with Crippen molar-refractivity contribution >= 4 is 23.9 Å². The fraction of sp³-hybridized carbons (Fsp3) is 0.684. The molecule has 1 N–H and O–H groups in total. The molecule has 0 spiro atoms. The average molecular weight is 382 g/mol. The lowest BCUT2D eigenvalue weighted by molar-refractivity contribution is 0.183. The Bertz CT molecular complexity index is 560. The third-order valence-corrected chi connectivity index (χ3v) is 4.69. The molecule has 0 amide bonds. The highest BCUT2D eigenvalue weighted by Crippen LogP contribution is 2.24. The molecule has 0 saturated heterocycles. The zero-order valence-corrected chi connectivity index (χ0v) is 17.1. The van der Waals surface area contributed by atoms with Crippen LogP contribution in [0.3, 0.4) is 0 Å². The average Bonchev–Trinajstić information content (AvgIpc) is 2.98. The number of nitrogens with one attached hydrogen (secondary N) is 1. The molecule has 26 heavy (non-hydrogen) atoms. The number of thioether (sulfide) groups is 1. The van der Waals surface area contributed by atoms with Crippen LogP contribution in [0.2, 0.25) is 0 Å². The van der Waals surface area contributed by atoms with Crippen molar-refractivity contribution in [2.45, 2.75) is 32.7 Å². The Morgan fingerprint density at radius 2 is 2.31 bits per heavy atom. The lowest BCUT2D eigenvalue weighted by atomic mass is 10.00. The summed E-state index contributed by atoms with van der Waals surface area (Å²) in [6, 6.07) is 0.300. The molecule has 0 fully saturated rings. The van der Waals surface area contributed by atoms with Crippen LogP contribution in [0.15, 0.2) is 33.6 Å². The Morgan fingerprint density at radius 1 is 1.46 bits per heavy atom. The molecule has 1 aliphatic carbocycles. The van der Waals surface area contributed by atoms with E-state index in [1.54, 1.807) is 18.9 Å². The fourth-order valence-corrected chi connectivity index (χ4v) is 3.15. The van der Waals surface area contributed by atoms with E-state index < -0.39 is 0 Å². The van der Waals surface area contributed by atoms with Crippen molar-refractivity contribution in [2.75, 3.05) is 39.1 Å². The van der Waals surface area contributed by atoms with E-state index in [9.17, 15) is 0 Å². The topological polar surface area (TPSA) is 64.4 Å². The van der Waals surface area contributed by atoms with Crippen LogP contribution in [0.1, 0.15) is 26.7 Å². The molecule has 0 bridgehead atoms. The SMILES string of the molecule is COCCC(C)/C(=N/CCOC1=CC(C)CC2NN=CC2=C1)OCSC. The first-order valence-corrected chi connectivity index (χ1v) is 10.5. The highest BCUT2D eigenvalue weighted by molar-refractivity contribution is 7.98. The zero-order chi connectivity index (χ0) is 18.8. The van der Waals surface area contributed by atoms with Crippen molar-refractivity contribution < 1.29 is 14.2 Å². The number of hydrazone groups is 1. The zero-order valence-electron chi connectivity index (χ0n) is 16.2. The van der Waals surface area contributed by atoms with Crippen LogP contribution in [0.4, 0.5) is 0 Å². The Kier molecular flexibility index (Phi) is 9.05. The first-order valence-electron chi connectivity index (χ1n) is 9.13. The molecule has 2 rings (SSSR count). The maximum atomic E-state index is 5.96. The van der Waals surface area contributed by atoms with Crippen LogP contribution in [0.25, 0.3) is 0 Å². The van der Waals surface area contributed by atoms with E-state index in [4.69, 9.17) is 14.2 Å². The smallest absolute Gasteiger partial charge is 0.187 e.